The van der Waals surface area contributed by atoms with Gasteiger partial charge in [-0.3, -0.25) is 4.90 Å². The van der Waals surface area contributed by atoms with Gasteiger partial charge in [-0.25, -0.2) is 4.98 Å². The molecule has 0 bridgehead atoms. The van der Waals surface area contributed by atoms with Crippen LogP contribution < -0.4 is 5.32 Å². The Kier molecular flexibility index (Phi) is 4.67. The Bertz CT molecular complexity index is 802. The second-order valence-electron chi connectivity index (χ2n) is 5.84. The molecular formula is C18H18ClN3OS. The van der Waals surface area contributed by atoms with Gasteiger partial charge in [-0.2, -0.15) is 0 Å². The van der Waals surface area contributed by atoms with Crippen molar-refractivity contribution >= 4 is 22.9 Å². The second-order valence-corrected chi connectivity index (χ2v) is 7.23. The number of thiophene rings is 1. The summed E-state index contributed by atoms with van der Waals surface area (Å²) in [7, 11) is 0. The maximum absolute atomic E-state index is 6.16. The minimum atomic E-state index is 0.273. The molecule has 3 aromatic rings. The van der Waals surface area contributed by atoms with Crippen molar-refractivity contribution in [1.82, 2.24) is 15.2 Å². The molecular weight excluding hydrogens is 342 g/mol. The zero-order valence-corrected chi connectivity index (χ0v) is 14.7. The normalized spacial score (nSPS) is 18.8. The molecule has 1 atom stereocenters. The summed E-state index contributed by atoms with van der Waals surface area (Å²) in [5.74, 6) is 1.60. The van der Waals surface area contributed by atoms with Crippen molar-refractivity contribution in [2.45, 2.75) is 12.6 Å². The fraction of sp³-hybridized carbons (Fsp3) is 0.278. The average molecular weight is 360 g/mol. The minimum absolute atomic E-state index is 0.273. The number of oxazole rings is 1. The van der Waals surface area contributed by atoms with Crippen LogP contribution in [0.5, 0.6) is 0 Å². The van der Waals surface area contributed by atoms with E-state index in [0.717, 1.165) is 41.2 Å². The molecule has 1 aromatic carbocycles. The van der Waals surface area contributed by atoms with Crippen LogP contribution in [-0.2, 0) is 6.54 Å². The zero-order valence-electron chi connectivity index (χ0n) is 13.1. The smallest absolute Gasteiger partial charge is 0.209 e. The Morgan fingerprint density at radius 3 is 3.12 bits per heavy atom. The molecule has 3 heterocycles. The van der Waals surface area contributed by atoms with Crippen molar-refractivity contribution in [1.29, 1.82) is 0 Å². The van der Waals surface area contributed by atoms with Crippen molar-refractivity contribution in [3.63, 3.8) is 0 Å². The highest BCUT2D eigenvalue weighted by atomic mass is 35.5. The molecule has 0 radical (unpaired) electrons. The molecule has 0 aliphatic carbocycles. The fourth-order valence-corrected chi connectivity index (χ4v) is 3.94. The van der Waals surface area contributed by atoms with Gasteiger partial charge in [-0.1, -0.05) is 29.8 Å². The summed E-state index contributed by atoms with van der Waals surface area (Å²) in [5.41, 5.74) is 1.22. The van der Waals surface area contributed by atoms with Crippen molar-refractivity contribution in [3.8, 4) is 10.6 Å². The number of hydrogen-bond donors (Lipinski definition) is 1. The Morgan fingerprint density at radius 2 is 2.29 bits per heavy atom. The lowest BCUT2D eigenvalue weighted by molar-refractivity contribution is 0.140. The quantitative estimate of drug-likeness (QED) is 0.757. The summed E-state index contributed by atoms with van der Waals surface area (Å²) < 4.78 is 5.95. The number of halogens is 1. The van der Waals surface area contributed by atoms with Gasteiger partial charge in [-0.05, 0) is 29.1 Å². The Labute approximate surface area is 150 Å². The van der Waals surface area contributed by atoms with Crippen molar-refractivity contribution in [2.75, 3.05) is 19.6 Å². The topological polar surface area (TPSA) is 41.3 Å². The average Bonchev–Trinajstić information content (AvgIpc) is 3.26. The first-order chi connectivity index (χ1) is 11.8. The third-order valence-corrected chi connectivity index (χ3v) is 5.36. The molecule has 24 heavy (non-hydrogen) atoms. The molecule has 1 aliphatic rings. The third-order valence-electron chi connectivity index (χ3n) is 4.24. The summed E-state index contributed by atoms with van der Waals surface area (Å²) in [6, 6.07) is 12.4. The van der Waals surface area contributed by atoms with Gasteiger partial charge in [-0.15, -0.1) is 11.3 Å². The van der Waals surface area contributed by atoms with Gasteiger partial charge in [0.1, 0.15) is 0 Å². The van der Waals surface area contributed by atoms with Crippen LogP contribution in [0.15, 0.2) is 52.4 Å². The maximum Gasteiger partial charge on any atom is 0.209 e. The van der Waals surface area contributed by atoms with E-state index < -0.39 is 0 Å². The van der Waals surface area contributed by atoms with Gasteiger partial charge in [0.2, 0.25) is 5.89 Å². The zero-order chi connectivity index (χ0) is 16.4. The third kappa shape index (κ3) is 3.39. The molecule has 1 N–H and O–H groups in total. The largest absolute Gasteiger partial charge is 0.438 e. The molecule has 124 valence electrons. The summed E-state index contributed by atoms with van der Waals surface area (Å²) in [5, 5.41) is 6.28. The van der Waals surface area contributed by atoms with Crippen LogP contribution in [0.3, 0.4) is 0 Å². The molecule has 1 saturated heterocycles. The number of benzene rings is 1. The Balaban J connectivity index is 1.53. The lowest BCUT2D eigenvalue weighted by Gasteiger charge is -2.35. The summed E-state index contributed by atoms with van der Waals surface area (Å²) in [6.45, 7) is 3.52. The van der Waals surface area contributed by atoms with E-state index in [1.807, 2.05) is 35.8 Å². The molecule has 4 nitrogen and oxygen atoms in total. The predicted octanol–water partition coefficient (Wildman–Crippen LogP) is 4.20. The molecule has 1 fully saturated rings. The first-order valence-corrected chi connectivity index (χ1v) is 9.24. The van der Waals surface area contributed by atoms with E-state index >= 15 is 0 Å². The SMILES string of the molecule is Clc1cccc(C2CNCCN2Cc2ncc(-c3cccs3)o2)c1. The van der Waals surface area contributed by atoms with Crippen LogP contribution in [0.2, 0.25) is 5.02 Å². The highest BCUT2D eigenvalue weighted by molar-refractivity contribution is 7.13. The number of piperazine rings is 1. The first-order valence-electron chi connectivity index (χ1n) is 7.98. The van der Waals surface area contributed by atoms with Gasteiger partial charge < -0.3 is 9.73 Å². The molecule has 6 heteroatoms. The van der Waals surface area contributed by atoms with E-state index in [1.54, 1.807) is 11.3 Å². The Morgan fingerprint density at radius 1 is 1.33 bits per heavy atom. The lowest BCUT2D eigenvalue weighted by atomic mass is 10.0. The minimum Gasteiger partial charge on any atom is -0.438 e. The molecule has 1 aliphatic heterocycles. The monoisotopic (exact) mass is 359 g/mol. The van der Waals surface area contributed by atoms with Gasteiger partial charge >= 0.3 is 0 Å². The first kappa shape index (κ1) is 15.8. The molecule has 0 saturated carbocycles. The van der Waals surface area contributed by atoms with Crippen molar-refractivity contribution < 1.29 is 4.42 Å². The van der Waals surface area contributed by atoms with Gasteiger partial charge in [0, 0.05) is 30.7 Å². The highest BCUT2D eigenvalue weighted by Crippen LogP contribution is 2.28. The number of nitrogens with zero attached hydrogens (tertiary/aromatic N) is 2. The van der Waals surface area contributed by atoms with Crippen LogP contribution in [0.25, 0.3) is 10.6 Å². The van der Waals surface area contributed by atoms with Gasteiger partial charge in [0.05, 0.1) is 17.6 Å². The summed E-state index contributed by atoms with van der Waals surface area (Å²) in [4.78, 5) is 7.97. The lowest BCUT2D eigenvalue weighted by Crippen LogP contribution is -2.45. The molecule has 0 spiro atoms. The summed E-state index contributed by atoms with van der Waals surface area (Å²) in [6.07, 6.45) is 1.82. The van der Waals surface area contributed by atoms with Crippen molar-refractivity contribution in [3.05, 3.63) is 64.5 Å². The number of hydrogen-bond acceptors (Lipinski definition) is 5. The van der Waals surface area contributed by atoms with Crippen LogP contribution >= 0.6 is 22.9 Å². The predicted molar refractivity (Wildman–Crippen MR) is 97.3 cm³/mol. The molecule has 2 aromatic heterocycles. The number of nitrogens with one attached hydrogen (secondary N) is 1. The van der Waals surface area contributed by atoms with Crippen LogP contribution in [-0.4, -0.2) is 29.5 Å². The molecule has 1 unspecified atom stereocenters. The Hall–Kier alpha value is -1.66. The van der Waals surface area contributed by atoms with E-state index in [0.29, 0.717) is 6.54 Å². The fourth-order valence-electron chi connectivity index (χ4n) is 3.07. The van der Waals surface area contributed by atoms with Crippen LogP contribution in [0, 0.1) is 0 Å². The number of aromatic nitrogens is 1. The number of rotatable bonds is 4. The highest BCUT2D eigenvalue weighted by Gasteiger charge is 2.25. The van der Waals surface area contributed by atoms with E-state index in [2.05, 4.69) is 27.3 Å². The standard InChI is InChI=1S/C18H18ClN3OS/c19-14-4-1-3-13(9-14)15-10-20-6-7-22(15)12-18-21-11-16(23-18)17-5-2-8-24-17/h1-5,8-9,11,15,20H,6-7,10,12H2. The van der Waals surface area contributed by atoms with E-state index in [1.165, 1.54) is 5.56 Å². The van der Waals surface area contributed by atoms with E-state index in [4.69, 9.17) is 16.0 Å². The van der Waals surface area contributed by atoms with Gasteiger partial charge in [0.15, 0.2) is 5.76 Å². The molecule has 4 rings (SSSR count). The van der Waals surface area contributed by atoms with Crippen LogP contribution in [0.1, 0.15) is 17.5 Å². The molecule has 0 amide bonds. The summed E-state index contributed by atoms with van der Waals surface area (Å²) >= 11 is 7.83. The van der Waals surface area contributed by atoms with E-state index in [-0.39, 0.29) is 6.04 Å². The van der Waals surface area contributed by atoms with Gasteiger partial charge in [0.25, 0.3) is 0 Å². The van der Waals surface area contributed by atoms with Crippen LogP contribution in [0.4, 0.5) is 0 Å². The second kappa shape index (κ2) is 7.07. The van der Waals surface area contributed by atoms with Crippen molar-refractivity contribution in [2.24, 2.45) is 0 Å². The maximum atomic E-state index is 6.16. The van der Waals surface area contributed by atoms with E-state index in [9.17, 15) is 0 Å².